The molecule has 0 atom stereocenters. The SMILES string of the molecule is COc1ccc(CCNCC(=O)c2ccc3c(c2)CCCN3)cc1. The van der Waals surface area contributed by atoms with Crippen LogP contribution in [-0.2, 0) is 12.8 Å². The summed E-state index contributed by atoms with van der Waals surface area (Å²) in [6, 6.07) is 14.0. The van der Waals surface area contributed by atoms with E-state index in [1.54, 1.807) is 7.11 Å². The van der Waals surface area contributed by atoms with Crippen molar-refractivity contribution in [1.29, 1.82) is 0 Å². The van der Waals surface area contributed by atoms with Gasteiger partial charge in [-0.1, -0.05) is 12.1 Å². The number of Topliss-reactive ketones (excluding diaryl/α,β-unsaturated/α-hetero) is 1. The first kappa shape index (κ1) is 16.5. The van der Waals surface area contributed by atoms with Gasteiger partial charge in [0.1, 0.15) is 5.75 Å². The lowest BCUT2D eigenvalue weighted by Crippen LogP contribution is -2.25. The van der Waals surface area contributed by atoms with Gasteiger partial charge < -0.3 is 15.4 Å². The van der Waals surface area contributed by atoms with Gasteiger partial charge in [-0.05, 0) is 67.3 Å². The normalized spacial score (nSPS) is 13.0. The number of hydrogen-bond donors (Lipinski definition) is 2. The number of carbonyl (C=O) groups is 1. The molecule has 24 heavy (non-hydrogen) atoms. The molecule has 0 aromatic heterocycles. The van der Waals surface area contributed by atoms with Crippen molar-refractivity contribution in [1.82, 2.24) is 5.32 Å². The summed E-state index contributed by atoms with van der Waals surface area (Å²) in [5.74, 6) is 1.02. The number of methoxy groups -OCH3 is 1. The van der Waals surface area contributed by atoms with Crippen LogP contribution in [0, 0.1) is 0 Å². The lowest BCUT2D eigenvalue weighted by molar-refractivity contribution is 0.0991. The van der Waals surface area contributed by atoms with E-state index in [1.807, 2.05) is 30.3 Å². The zero-order chi connectivity index (χ0) is 16.8. The molecule has 0 radical (unpaired) electrons. The number of rotatable bonds is 7. The molecule has 0 aliphatic carbocycles. The molecule has 2 aromatic carbocycles. The highest BCUT2D eigenvalue weighted by atomic mass is 16.5. The summed E-state index contributed by atoms with van der Waals surface area (Å²) >= 11 is 0. The molecular weight excluding hydrogens is 300 g/mol. The number of nitrogens with one attached hydrogen (secondary N) is 2. The lowest BCUT2D eigenvalue weighted by atomic mass is 9.99. The molecule has 1 aliphatic heterocycles. The van der Waals surface area contributed by atoms with Crippen molar-refractivity contribution in [2.45, 2.75) is 19.3 Å². The Labute approximate surface area is 143 Å². The Morgan fingerprint density at radius 3 is 2.83 bits per heavy atom. The fourth-order valence-electron chi connectivity index (χ4n) is 2.98. The number of ether oxygens (including phenoxy) is 1. The predicted octanol–water partition coefficient (Wildman–Crippen LogP) is 3.07. The maximum atomic E-state index is 12.3. The average Bonchev–Trinajstić information content (AvgIpc) is 2.65. The minimum Gasteiger partial charge on any atom is -0.497 e. The second-order valence-electron chi connectivity index (χ2n) is 6.10. The number of ketones is 1. The van der Waals surface area contributed by atoms with Gasteiger partial charge in [0, 0.05) is 17.8 Å². The van der Waals surface area contributed by atoms with Gasteiger partial charge in [-0.3, -0.25) is 4.79 Å². The van der Waals surface area contributed by atoms with Crippen LogP contribution in [0.4, 0.5) is 5.69 Å². The molecule has 2 N–H and O–H groups in total. The third-order valence-corrected chi connectivity index (χ3v) is 4.40. The van der Waals surface area contributed by atoms with Gasteiger partial charge in [-0.15, -0.1) is 0 Å². The molecule has 0 fully saturated rings. The van der Waals surface area contributed by atoms with Gasteiger partial charge in [0.15, 0.2) is 5.78 Å². The minimum absolute atomic E-state index is 0.151. The van der Waals surface area contributed by atoms with Crippen molar-refractivity contribution in [2.24, 2.45) is 0 Å². The Bertz CT molecular complexity index is 695. The molecule has 3 rings (SSSR count). The fourth-order valence-corrected chi connectivity index (χ4v) is 2.98. The topological polar surface area (TPSA) is 50.4 Å². The highest BCUT2D eigenvalue weighted by Gasteiger charge is 2.12. The second-order valence-corrected chi connectivity index (χ2v) is 6.10. The van der Waals surface area contributed by atoms with Crippen LogP contribution in [0.2, 0.25) is 0 Å². The van der Waals surface area contributed by atoms with Crippen molar-refractivity contribution < 1.29 is 9.53 Å². The van der Waals surface area contributed by atoms with Crippen LogP contribution in [0.1, 0.15) is 27.9 Å². The molecule has 0 bridgehead atoms. The highest BCUT2D eigenvalue weighted by molar-refractivity contribution is 5.98. The largest absolute Gasteiger partial charge is 0.497 e. The summed E-state index contributed by atoms with van der Waals surface area (Å²) < 4.78 is 5.15. The maximum Gasteiger partial charge on any atom is 0.176 e. The van der Waals surface area contributed by atoms with Crippen LogP contribution in [0.3, 0.4) is 0 Å². The number of anilines is 1. The summed E-state index contributed by atoms with van der Waals surface area (Å²) in [7, 11) is 1.67. The first-order chi connectivity index (χ1) is 11.8. The molecule has 126 valence electrons. The maximum absolute atomic E-state index is 12.3. The van der Waals surface area contributed by atoms with Crippen LogP contribution >= 0.6 is 0 Å². The zero-order valence-corrected chi connectivity index (χ0v) is 14.1. The molecular formula is C20H24N2O2. The Hall–Kier alpha value is -2.33. The van der Waals surface area contributed by atoms with Crippen molar-refractivity contribution >= 4 is 11.5 Å². The summed E-state index contributed by atoms with van der Waals surface area (Å²) in [4.78, 5) is 12.3. The van der Waals surface area contributed by atoms with Crippen LogP contribution in [0.5, 0.6) is 5.75 Å². The molecule has 0 saturated carbocycles. The Balaban J connectivity index is 1.47. The standard InChI is InChI=1S/C20H24N2O2/c1-24-18-7-4-15(5-8-18)10-12-21-14-20(23)17-6-9-19-16(13-17)3-2-11-22-19/h4-9,13,21-22H,2-3,10-12,14H2,1H3. The minimum atomic E-state index is 0.151. The van der Waals surface area contributed by atoms with Gasteiger partial charge in [0.2, 0.25) is 0 Å². The van der Waals surface area contributed by atoms with E-state index >= 15 is 0 Å². The Kier molecular flexibility index (Phi) is 5.49. The molecule has 0 unspecified atom stereocenters. The summed E-state index contributed by atoms with van der Waals surface area (Å²) in [6.45, 7) is 2.18. The van der Waals surface area contributed by atoms with E-state index in [4.69, 9.17) is 4.74 Å². The van der Waals surface area contributed by atoms with Crippen molar-refractivity contribution in [3.05, 3.63) is 59.2 Å². The van der Waals surface area contributed by atoms with Crippen LogP contribution in [-0.4, -0.2) is 32.5 Å². The van der Waals surface area contributed by atoms with E-state index in [1.165, 1.54) is 16.8 Å². The van der Waals surface area contributed by atoms with E-state index in [0.717, 1.165) is 43.7 Å². The predicted molar refractivity (Wildman–Crippen MR) is 97.2 cm³/mol. The molecule has 4 nitrogen and oxygen atoms in total. The van der Waals surface area contributed by atoms with Crippen LogP contribution in [0.15, 0.2) is 42.5 Å². The quantitative estimate of drug-likeness (QED) is 0.607. The summed E-state index contributed by atoms with van der Waals surface area (Å²) in [6.07, 6.45) is 3.07. The van der Waals surface area contributed by atoms with Gasteiger partial charge in [-0.2, -0.15) is 0 Å². The molecule has 0 saturated heterocycles. The number of benzene rings is 2. The van der Waals surface area contributed by atoms with Gasteiger partial charge >= 0.3 is 0 Å². The first-order valence-corrected chi connectivity index (χ1v) is 8.50. The third-order valence-electron chi connectivity index (χ3n) is 4.40. The Morgan fingerprint density at radius 1 is 1.21 bits per heavy atom. The van der Waals surface area contributed by atoms with Gasteiger partial charge in [0.05, 0.1) is 13.7 Å². The fraction of sp³-hybridized carbons (Fsp3) is 0.350. The zero-order valence-electron chi connectivity index (χ0n) is 14.1. The summed E-state index contributed by atoms with van der Waals surface area (Å²) in [5.41, 5.74) is 4.46. The summed E-state index contributed by atoms with van der Waals surface area (Å²) in [5, 5.41) is 6.62. The Morgan fingerprint density at radius 2 is 2.04 bits per heavy atom. The second kappa shape index (κ2) is 7.97. The van der Waals surface area contributed by atoms with Gasteiger partial charge in [0.25, 0.3) is 0 Å². The molecule has 1 aliphatic rings. The van der Waals surface area contributed by atoms with E-state index < -0.39 is 0 Å². The van der Waals surface area contributed by atoms with E-state index in [9.17, 15) is 4.79 Å². The first-order valence-electron chi connectivity index (χ1n) is 8.50. The molecule has 2 aromatic rings. The molecule has 0 amide bonds. The smallest absolute Gasteiger partial charge is 0.176 e. The van der Waals surface area contributed by atoms with E-state index in [-0.39, 0.29) is 5.78 Å². The monoisotopic (exact) mass is 324 g/mol. The van der Waals surface area contributed by atoms with Crippen molar-refractivity contribution in [3.63, 3.8) is 0 Å². The lowest BCUT2D eigenvalue weighted by Gasteiger charge is -2.18. The van der Waals surface area contributed by atoms with E-state index in [2.05, 4.69) is 22.8 Å². The van der Waals surface area contributed by atoms with Gasteiger partial charge in [-0.25, -0.2) is 0 Å². The number of fused-ring (bicyclic) bond motifs is 1. The molecule has 1 heterocycles. The van der Waals surface area contributed by atoms with E-state index in [0.29, 0.717) is 6.54 Å². The number of hydrogen-bond acceptors (Lipinski definition) is 4. The number of carbonyl (C=O) groups excluding carboxylic acids is 1. The van der Waals surface area contributed by atoms with Crippen LogP contribution in [0.25, 0.3) is 0 Å². The van der Waals surface area contributed by atoms with Crippen LogP contribution < -0.4 is 15.4 Å². The molecule has 4 heteroatoms. The number of aryl methyl sites for hydroxylation is 1. The van der Waals surface area contributed by atoms with Crippen molar-refractivity contribution in [2.75, 3.05) is 32.1 Å². The average molecular weight is 324 g/mol. The van der Waals surface area contributed by atoms with Crippen molar-refractivity contribution in [3.8, 4) is 5.75 Å². The molecule has 0 spiro atoms. The highest BCUT2D eigenvalue weighted by Crippen LogP contribution is 2.23. The third kappa shape index (κ3) is 4.15.